The molecule has 13 heteroatoms. The highest BCUT2D eigenvalue weighted by molar-refractivity contribution is 7.85. The Morgan fingerprint density at radius 3 is 2.39 bits per heavy atom. The Labute approximate surface area is 177 Å². The van der Waals surface area contributed by atoms with E-state index in [1.807, 2.05) is 0 Å². The lowest BCUT2D eigenvalue weighted by molar-refractivity contribution is -0.383. The summed E-state index contributed by atoms with van der Waals surface area (Å²) in [6.07, 6.45) is 0.715. The van der Waals surface area contributed by atoms with Crippen molar-refractivity contribution in [2.75, 3.05) is 37.8 Å². The topological polar surface area (TPSA) is 206 Å². The van der Waals surface area contributed by atoms with Crippen LogP contribution in [0.2, 0.25) is 0 Å². The zero-order valence-electron chi connectivity index (χ0n) is 16.6. The molecule has 2 aromatic carbocycles. The highest BCUT2D eigenvalue weighted by Gasteiger charge is 2.19. The molecule has 170 valence electrons. The Kier molecular flexibility index (Phi) is 9.48. The van der Waals surface area contributed by atoms with Crippen molar-refractivity contribution in [3.05, 3.63) is 56.7 Å². The predicted molar refractivity (Wildman–Crippen MR) is 118 cm³/mol. The molecule has 0 aliphatic carbocycles. The molecule has 0 atom stereocenters. The fourth-order valence-electron chi connectivity index (χ4n) is 2.80. The number of nitro benzene ring substituents is 1. The monoisotopic (exact) mass is 456 g/mol. The lowest BCUT2D eigenvalue weighted by Crippen LogP contribution is -2.25. The molecule has 0 bridgehead atoms. The number of nitro groups is 1. The summed E-state index contributed by atoms with van der Waals surface area (Å²) in [4.78, 5) is 26.7. The summed E-state index contributed by atoms with van der Waals surface area (Å²) in [7, 11) is -3.67. The molecule has 0 saturated heterocycles. The maximum absolute atomic E-state index is 12.9. The number of non-ortho nitro benzene ring substituents is 1. The molecule has 0 spiro atoms. The van der Waals surface area contributed by atoms with E-state index in [4.69, 9.17) is 9.66 Å². The van der Waals surface area contributed by atoms with Crippen LogP contribution >= 0.6 is 0 Å². The van der Waals surface area contributed by atoms with Crippen LogP contribution in [0.25, 0.3) is 21.8 Å². The molecule has 12 nitrogen and oxygen atoms in total. The number of para-hydroxylation sites is 1. The van der Waals surface area contributed by atoms with Gasteiger partial charge in [-0.1, -0.05) is 12.1 Å². The molecule has 7 N–H and O–H groups in total. The van der Waals surface area contributed by atoms with Crippen LogP contribution in [0.5, 0.6) is 0 Å². The molecule has 0 fully saturated rings. The first-order chi connectivity index (χ1) is 14.1. The second kappa shape index (κ2) is 11.3. The molecule has 0 saturated carbocycles. The summed E-state index contributed by atoms with van der Waals surface area (Å²) < 4.78 is 25.9. The predicted octanol–water partition coefficient (Wildman–Crippen LogP) is 0.263. The highest BCUT2D eigenvalue weighted by Crippen LogP contribution is 2.29. The van der Waals surface area contributed by atoms with Crippen LogP contribution in [0.1, 0.15) is 0 Å². The molecule has 3 rings (SSSR count). The highest BCUT2D eigenvalue weighted by atomic mass is 32.2. The number of benzene rings is 2. The van der Waals surface area contributed by atoms with Crippen molar-refractivity contribution in [3.8, 4) is 0 Å². The van der Waals surface area contributed by atoms with Gasteiger partial charge < -0.3 is 26.2 Å². The Morgan fingerprint density at radius 1 is 1.13 bits per heavy atom. The van der Waals surface area contributed by atoms with E-state index >= 15 is 0 Å². The number of H-pyrrole nitrogens is 1. The van der Waals surface area contributed by atoms with Crippen molar-refractivity contribution in [1.82, 2.24) is 10.3 Å². The van der Waals surface area contributed by atoms with E-state index in [9.17, 15) is 23.3 Å². The fraction of sp³-hybridized carbons (Fsp3) is 0.278. The Morgan fingerprint density at radius 2 is 1.77 bits per heavy atom. The molecule has 0 aliphatic heterocycles. The third-order valence-electron chi connectivity index (χ3n) is 3.94. The van der Waals surface area contributed by atoms with E-state index < -0.39 is 15.0 Å². The van der Waals surface area contributed by atoms with Crippen molar-refractivity contribution < 1.29 is 28.5 Å². The van der Waals surface area contributed by atoms with Gasteiger partial charge in [0.1, 0.15) is 5.52 Å². The number of aromatic amines is 1. The second-order valence-electron chi connectivity index (χ2n) is 6.27. The number of hydrogen-bond donors (Lipinski definition) is 5. The van der Waals surface area contributed by atoms with Gasteiger partial charge in [0.15, 0.2) is 5.43 Å². The van der Waals surface area contributed by atoms with Crippen LogP contribution in [0.4, 0.5) is 11.4 Å². The summed E-state index contributed by atoms with van der Waals surface area (Å²) in [6, 6.07) is 9.88. The van der Waals surface area contributed by atoms with Gasteiger partial charge in [-0.25, -0.2) is 0 Å². The molecule has 1 aromatic heterocycles. The minimum atomic E-state index is -3.67. The van der Waals surface area contributed by atoms with Gasteiger partial charge in [0.25, 0.3) is 15.8 Å². The molecule has 0 amide bonds. The minimum absolute atomic E-state index is 0. The normalized spacial score (nSPS) is 10.8. The second-order valence-corrected chi connectivity index (χ2v) is 7.74. The third-order valence-corrected chi connectivity index (χ3v) is 3.94. The molecule has 0 unspecified atom stereocenters. The lowest BCUT2D eigenvalue weighted by atomic mass is 10.1. The number of nitrogens with zero attached hydrogens (tertiary/aromatic N) is 1. The smallest absolute Gasteiger partial charge is 0.293 e. The first-order valence-electron chi connectivity index (χ1n) is 8.83. The largest absolute Gasteiger partial charge is 0.412 e. The van der Waals surface area contributed by atoms with E-state index in [2.05, 4.69) is 15.6 Å². The van der Waals surface area contributed by atoms with Gasteiger partial charge >= 0.3 is 0 Å². The molecule has 0 aliphatic rings. The average Bonchev–Trinajstić information content (AvgIpc) is 2.66. The number of hydrogen-bond acceptors (Lipinski definition) is 8. The van der Waals surface area contributed by atoms with Crippen LogP contribution < -0.4 is 16.1 Å². The molecule has 3 aromatic rings. The maximum Gasteiger partial charge on any atom is 0.293 e. The van der Waals surface area contributed by atoms with E-state index in [1.165, 1.54) is 6.07 Å². The standard InChI is InChI=1S/C17H18N4O4.CH4O3S.H2O/c22-10-9-18-7-8-19-13-5-6-14(21(24)25)16-15(13)17(23)11-3-1-2-4-12(11)20-16;1-5(2,3)4;/h1-6,18-19,22H,7-10H2,(H,20,23);1H3,(H,2,3,4);1H2. The number of fused-ring (bicyclic) bond motifs is 2. The number of nitrogens with one attached hydrogen (secondary N) is 3. The van der Waals surface area contributed by atoms with Crippen molar-refractivity contribution in [1.29, 1.82) is 0 Å². The number of aliphatic hydroxyl groups is 1. The van der Waals surface area contributed by atoms with Crippen LogP contribution in [0, 0.1) is 10.1 Å². The van der Waals surface area contributed by atoms with Gasteiger partial charge in [-0.15, -0.1) is 0 Å². The molecular formula is C18H24N4O8S. The van der Waals surface area contributed by atoms with Gasteiger partial charge in [-0.2, -0.15) is 8.42 Å². The molecule has 31 heavy (non-hydrogen) atoms. The zero-order valence-corrected chi connectivity index (χ0v) is 17.4. The SMILES string of the molecule is CS(=O)(=O)O.O.O=c1c2ccccc2[nH]c2c([N+](=O)[O-])ccc(NCCNCCO)c12. The maximum atomic E-state index is 12.9. The summed E-state index contributed by atoms with van der Waals surface area (Å²) in [5.41, 5.74) is 0.922. The zero-order chi connectivity index (χ0) is 22.3. The number of aromatic nitrogens is 1. The lowest BCUT2D eigenvalue weighted by Gasteiger charge is -2.11. The summed E-state index contributed by atoms with van der Waals surface area (Å²) in [5.74, 6) is 0. The van der Waals surface area contributed by atoms with E-state index in [0.717, 1.165) is 0 Å². The van der Waals surface area contributed by atoms with Gasteiger partial charge in [0.2, 0.25) is 0 Å². The van der Waals surface area contributed by atoms with Gasteiger partial charge in [0, 0.05) is 42.3 Å². The van der Waals surface area contributed by atoms with Crippen molar-refractivity contribution in [2.24, 2.45) is 0 Å². The quantitative estimate of drug-likeness (QED) is 0.108. The van der Waals surface area contributed by atoms with Crippen molar-refractivity contribution in [2.45, 2.75) is 0 Å². The van der Waals surface area contributed by atoms with Gasteiger partial charge in [0.05, 0.1) is 23.2 Å². The van der Waals surface area contributed by atoms with E-state index in [0.29, 0.717) is 42.5 Å². The number of rotatable bonds is 7. The fourth-order valence-corrected chi connectivity index (χ4v) is 2.80. The van der Waals surface area contributed by atoms with Crippen LogP contribution in [-0.4, -0.2) is 66.0 Å². The average molecular weight is 456 g/mol. The van der Waals surface area contributed by atoms with Gasteiger partial charge in [-0.3, -0.25) is 19.5 Å². The Balaban J connectivity index is 0.000000721. The van der Waals surface area contributed by atoms with Crippen molar-refractivity contribution >= 4 is 43.3 Å². The van der Waals surface area contributed by atoms with E-state index in [-0.39, 0.29) is 34.1 Å². The van der Waals surface area contributed by atoms with Crippen molar-refractivity contribution in [3.63, 3.8) is 0 Å². The first kappa shape index (κ1) is 25.9. The molecule has 0 radical (unpaired) electrons. The molecular weight excluding hydrogens is 432 g/mol. The summed E-state index contributed by atoms with van der Waals surface area (Å²) in [6.45, 7) is 1.63. The Bertz CT molecular complexity index is 1200. The third kappa shape index (κ3) is 7.27. The number of pyridine rings is 1. The number of anilines is 1. The summed E-state index contributed by atoms with van der Waals surface area (Å²) in [5, 5.41) is 27.0. The minimum Gasteiger partial charge on any atom is -0.412 e. The molecule has 1 heterocycles. The van der Waals surface area contributed by atoms with Gasteiger partial charge in [-0.05, 0) is 18.2 Å². The Hall–Kier alpha value is -3.10. The first-order valence-corrected chi connectivity index (χ1v) is 10.7. The number of aliphatic hydroxyl groups excluding tert-OH is 1. The van der Waals surface area contributed by atoms with Crippen LogP contribution in [0.3, 0.4) is 0 Å². The summed E-state index contributed by atoms with van der Waals surface area (Å²) >= 11 is 0. The van der Waals surface area contributed by atoms with E-state index in [1.54, 1.807) is 30.3 Å². The van der Waals surface area contributed by atoms with Crippen LogP contribution in [-0.2, 0) is 10.1 Å². The van der Waals surface area contributed by atoms with Crippen LogP contribution in [0.15, 0.2) is 41.2 Å².